The maximum atomic E-state index is 5.44. The highest BCUT2D eigenvalue weighted by Crippen LogP contribution is 2.31. The van der Waals surface area contributed by atoms with Gasteiger partial charge in [-0.15, -0.1) is 5.10 Å². The first-order valence-corrected chi connectivity index (χ1v) is 5.81. The van der Waals surface area contributed by atoms with Crippen molar-refractivity contribution in [3.8, 4) is 11.5 Å². The van der Waals surface area contributed by atoms with Gasteiger partial charge in [-0.2, -0.15) is 0 Å². The average molecular weight is 290 g/mol. The summed E-state index contributed by atoms with van der Waals surface area (Å²) in [5.74, 6) is 0.436. The van der Waals surface area contributed by atoms with Gasteiger partial charge in [0.25, 0.3) is 0 Å². The van der Waals surface area contributed by atoms with Crippen LogP contribution in [0.25, 0.3) is 22.2 Å². The molecule has 0 aliphatic carbocycles. The van der Waals surface area contributed by atoms with Gasteiger partial charge in [-0.05, 0) is 22.9 Å². The molecule has 1 aromatic heterocycles. The number of rotatable bonds is 1. The van der Waals surface area contributed by atoms with Gasteiger partial charge in [0.05, 0.1) is 0 Å². The topological polar surface area (TPSA) is 64.9 Å². The third kappa shape index (κ3) is 1.68. The molecule has 0 unspecified atom stereocenters. The maximum absolute atomic E-state index is 5.44. The van der Waals surface area contributed by atoms with Crippen LogP contribution in [0.2, 0.25) is 0 Å². The van der Waals surface area contributed by atoms with Gasteiger partial charge in [-0.25, -0.2) is 0 Å². The van der Waals surface area contributed by atoms with Gasteiger partial charge in [0.15, 0.2) is 0 Å². The minimum absolute atomic E-state index is 0.0759. The van der Waals surface area contributed by atoms with Crippen molar-refractivity contribution < 1.29 is 4.42 Å². The first-order chi connectivity index (χ1) is 8.25. The fourth-order valence-corrected chi connectivity index (χ4v) is 2.30. The molecule has 5 heteroatoms. The monoisotopic (exact) mass is 289 g/mol. The van der Waals surface area contributed by atoms with E-state index in [4.69, 9.17) is 10.2 Å². The molecule has 84 valence electrons. The highest BCUT2D eigenvalue weighted by atomic mass is 79.9. The lowest BCUT2D eigenvalue weighted by molar-refractivity contribution is 0.591. The van der Waals surface area contributed by atoms with Gasteiger partial charge in [0.1, 0.15) is 0 Å². The summed E-state index contributed by atoms with van der Waals surface area (Å²) in [6.07, 6.45) is 0. The quantitative estimate of drug-likeness (QED) is 0.747. The summed E-state index contributed by atoms with van der Waals surface area (Å²) < 4.78 is 6.29. The molecule has 3 rings (SSSR count). The molecule has 3 aromatic rings. The molecule has 2 N–H and O–H groups in total. The van der Waals surface area contributed by atoms with Crippen LogP contribution < -0.4 is 5.73 Å². The summed E-state index contributed by atoms with van der Waals surface area (Å²) >= 11 is 3.52. The summed E-state index contributed by atoms with van der Waals surface area (Å²) in [7, 11) is 0. The molecule has 0 atom stereocenters. The Morgan fingerprint density at radius 2 is 1.76 bits per heavy atom. The van der Waals surface area contributed by atoms with Crippen molar-refractivity contribution in [2.45, 2.75) is 0 Å². The van der Waals surface area contributed by atoms with Gasteiger partial charge in [-0.3, -0.25) is 0 Å². The summed E-state index contributed by atoms with van der Waals surface area (Å²) in [5, 5.41) is 9.73. The van der Waals surface area contributed by atoms with E-state index in [-0.39, 0.29) is 6.01 Å². The van der Waals surface area contributed by atoms with E-state index in [1.807, 2.05) is 36.4 Å². The Morgan fingerprint density at radius 3 is 2.53 bits per heavy atom. The molecule has 4 nitrogen and oxygen atoms in total. The third-order valence-electron chi connectivity index (χ3n) is 2.54. The first kappa shape index (κ1) is 10.3. The van der Waals surface area contributed by atoms with Crippen LogP contribution in [0.1, 0.15) is 0 Å². The van der Waals surface area contributed by atoms with E-state index >= 15 is 0 Å². The third-order valence-corrected chi connectivity index (χ3v) is 3.23. The van der Waals surface area contributed by atoms with Crippen LogP contribution in [0, 0.1) is 0 Å². The Bertz CT molecular complexity index is 693. The fourth-order valence-electron chi connectivity index (χ4n) is 1.80. The Balaban J connectivity index is 2.34. The molecule has 17 heavy (non-hydrogen) atoms. The minimum atomic E-state index is 0.0759. The SMILES string of the molecule is Nc1nnc(-c2cccc3c(Br)cccc23)o1. The lowest BCUT2D eigenvalue weighted by atomic mass is 10.0. The number of aromatic nitrogens is 2. The largest absolute Gasteiger partial charge is 0.404 e. The Hall–Kier alpha value is -1.88. The van der Waals surface area contributed by atoms with E-state index in [0.29, 0.717) is 5.89 Å². The van der Waals surface area contributed by atoms with Crippen LogP contribution in [0.4, 0.5) is 6.01 Å². The van der Waals surface area contributed by atoms with Crippen molar-refractivity contribution in [2.75, 3.05) is 5.73 Å². The van der Waals surface area contributed by atoms with E-state index in [2.05, 4.69) is 26.1 Å². The second-order valence-electron chi connectivity index (χ2n) is 3.59. The highest BCUT2D eigenvalue weighted by Gasteiger charge is 2.10. The van der Waals surface area contributed by atoms with Crippen LogP contribution in [-0.4, -0.2) is 10.2 Å². The summed E-state index contributed by atoms with van der Waals surface area (Å²) in [6.45, 7) is 0. The maximum Gasteiger partial charge on any atom is 0.313 e. The zero-order valence-corrected chi connectivity index (χ0v) is 10.3. The van der Waals surface area contributed by atoms with Crippen molar-refractivity contribution in [2.24, 2.45) is 0 Å². The Kier molecular flexibility index (Phi) is 2.33. The number of hydrogen-bond donors (Lipinski definition) is 1. The molecule has 0 saturated carbocycles. The van der Waals surface area contributed by atoms with E-state index < -0.39 is 0 Å². The van der Waals surface area contributed by atoms with Crippen LogP contribution in [-0.2, 0) is 0 Å². The second-order valence-corrected chi connectivity index (χ2v) is 4.44. The second kappa shape index (κ2) is 3.85. The molecule has 0 saturated heterocycles. The van der Waals surface area contributed by atoms with Crippen LogP contribution >= 0.6 is 15.9 Å². The van der Waals surface area contributed by atoms with Crippen molar-refractivity contribution in [3.63, 3.8) is 0 Å². The molecular formula is C12H8BrN3O. The lowest BCUT2D eigenvalue weighted by Crippen LogP contribution is -1.82. The van der Waals surface area contributed by atoms with Gasteiger partial charge >= 0.3 is 6.01 Å². The number of benzene rings is 2. The van der Waals surface area contributed by atoms with Crippen LogP contribution in [0.3, 0.4) is 0 Å². The average Bonchev–Trinajstić information content (AvgIpc) is 2.76. The fraction of sp³-hybridized carbons (Fsp3) is 0. The molecular weight excluding hydrogens is 282 g/mol. The number of hydrogen-bond acceptors (Lipinski definition) is 4. The number of nitrogens with two attached hydrogens (primary N) is 1. The minimum Gasteiger partial charge on any atom is -0.404 e. The smallest absolute Gasteiger partial charge is 0.313 e. The predicted octanol–water partition coefficient (Wildman–Crippen LogP) is 3.23. The van der Waals surface area contributed by atoms with E-state index in [0.717, 1.165) is 20.8 Å². The summed E-state index contributed by atoms with van der Waals surface area (Å²) in [6, 6.07) is 12.0. The van der Waals surface area contributed by atoms with Crippen molar-refractivity contribution in [3.05, 3.63) is 40.9 Å². The Labute approximate surface area is 106 Å². The first-order valence-electron chi connectivity index (χ1n) is 5.02. The van der Waals surface area contributed by atoms with Crippen molar-refractivity contribution >= 4 is 32.7 Å². The Morgan fingerprint density at radius 1 is 1.00 bits per heavy atom. The molecule has 0 fully saturated rings. The summed E-state index contributed by atoms with van der Waals surface area (Å²) in [5.41, 5.74) is 6.32. The number of nitrogens with zero attached hydrogens (tertiary/aromatic N) is 2. The number of anilines is 1. The number of fused-ring (bicyclic) bond motifs is 1. The van der Waals surface area contributed by atoms with E-state index in [1.165, 1.54) is 0 Å². The molecule has 1 heterocycles. The lowest BCUT2D eigenvalue weighted by Gasteiger charge is -2.03. The normalized spacial score (nSPS) is 10.9. The molecule has 0 radical (unpaired) electrons. The zero-order valence-electron chi connectivity index (χ0n) is 8.72. The van der Waals surface area contributed by atoms with Gasteiger partial charge < -0.3 is 10.2 Å². The summed E-state index contributed by atoms with van der Waals surface area (Å²) in [4.78, 5) is 0. The molecule has 0 aliphatic heterocycles. The molecule has 0 spiro atoms. The van der Waals surface area contributed by atoms with E-state index in [9.17, 15) is 0 Å². The number of nitrogen functional groups attached to an aromatic ring is 1. The zero-order chi connectivity index (χ0) is 11.8. The van der Waals surface area contributed by atoms with Gasteiger partial charge in [0, 0.05) is 10.0 Å². The van der Waals surface area contributed by atoms with Crippen LogP contribution in [0.15, 0.2) is 45.3 Å². The molecule has 2 aromatic carbocycles. The van der Waals surface area contributed by atoms with E-state index in [1.54, 1.807) is 0 Å². The molecule has 0 aliphatic rings. The highest BCUT2D eigenvalue weighted by molar-refractivity contribution is 9.10. The number of halogens is 1. The molecule has 0 amide bonds. The van der Waals surface area contributed by atoms with Crippen LogP contribution in [0.5, 0.6) is 0 Å². The predicted molar refractivity (Wildman–Crippen MR) is 69.4 cm³/mol. The standard InChI is InChI=1S/C12H8BrN3O/c13-10-6-2-3-7-8(10)4-1-5-9(7)11-15-16-12(14)17-11/h1-6H,(H2,14,16). The van der Waals surface area contributed by atoms with Gasteiger partial charge in [-0.1, -0.05) is 45.3 Å². The van der Waals surface area contributed by atoms with Gasteiger partial charge in [0.2, 0.25) is 5.89 Å². The molecule has 0 bridgehead atoms. The van der Waals surface area contributed by atoms with Crippen molar-refractivity contribution in [1.82, 2.24) is 10.2 Å². The van der Waals surface area contributed by atoms with Crippen molar-refractivity contribution in [1.29, 1.82) is 0 Å².